The van der Waals surface area contributed by atoms with Gasteiger partial charge in [0.2, 0.25) is 5.91 Å². The van der Waals surface area contributed by atoms with Gasteiger partial charge in [-0.15, -0.1) is 0 Å². The molecule has 0 radical (unpaired) electrons. The lowest BCUT2D eigenvalue weighted by Gasteiger charge is -2.06. The van der Waals surface area contributed by atoms with Gasteiger partial charge in [-0.25, -0.2) is 4.79 Å². The number of rotatable bonds is 4. The molecule has 2 rings (SSSR count). The number of nitrogens with two attached hydrogens (primary N) is 1. The zero-order chi connectivity index (χ0) is 14.5. The molecule has 4 N–H and O–H groups in total. The second kappa shape index (κ2) is 5.87. The van der Waals surface area contributed by atoms with Gasteiger partial charge in [0, 0.05) is 18.2 Å². The van der Waals surface area contributed by atoms with Gasteiger partial charge in [-0.1, -0.05) is 17.3 Å². The van der Waals surface area contributed by atoms with Crippen molar-refractivity contribution in [2.24, 2.45) is 5.73 Å². The van der Waals surface area contributed by atoms with Gasteiger partial charge < -0.3 is 15.6 Å². The van der Waals surface area contributed by atoms with Crippen LogP contribution in [0.5, 0.6) is 0 Å². The van der Waals surface area contributed by atoms with Crippen LogP contribution in [0.4, 0.5) is 10.6 Å². The first-order chi connectivity index (χ1) is 9.54. The number of nitrogens with zero attached hydrogens (tertiary/aromatic N) is 1. The highest BCUT2D eigenvalue weighted by Gasteiger charge is 2.06. The summed E-state index contributed by atoms with van der Waals surface area (Å²) in [4.78, 5) is 22.7. The molecule has 0 aliphatic heterocycles. The lowest BCUT2D eigenvalue weighted by atomic mass is 10.1. The molecular formula is C13H14N4O3. The monoisotopic (exact) mass is 274 g/mol. The molecular weight excluding hydrogens is 260 g/mol. The number of amides is 3. The molecule has 1 heterocycles. The Labute approximate surface area is 115 Å². The van der Waals surface area contributed by atoms with E-state index in [1.54, 1.807) is 37.3 Å². The molecule has 0 atom stereocenters. The van der Waals surface area contributed by atoms with E-state index >= 15 is 0 Å². The number of carbonyl (C=O) groups is 2. The minimum atomic E-state index is -0.505. The van der Waals surface area contributed by atoms with Crippen molar-refractivity contribution in [1.29, 1.82) is 0 Å². The molecule has 0 saturated carbocycles. The Morgan fingerprint density at radius 1 is 1.35 bits per heavy atom. The Kier molecular flexibility index (Phi) is 3.99. The van der Waals surface area contributed by atoms with Gasteiger partial charge >= 0.3 is 6.03 Å². The van der Waals surface area contributed by atoms with Gasteiger partial charge in [-0.3, -0.25) is 10.1 Å². The number of benzene rings is 1. The summed E-state index contributed by atoms with van der Waals surface area (Å²) in [7, 11) is 0. The maximum absolute atomic E-state index is 11.6. The summed E-state index contributed by atoms with van der Waals surface area (Å²) >= 11 is 0. The van der Waals surface area contributed by atoms with Crippen LogP contribution in [-0.4, -0.2) is 17.1 Å². The van der Waals surface area contributed by atoms with Crippen molar-refractivity contribution in [3.8, 4) is 0 Å². The highest BCUT2D eigenvalue weighted by Crippen LogP contribution is 2.07. The molecule has 20 heavy (non-hydrogen) atoms. The van der Waals surface area contributed by atoms with Gasteiger partial charge in [0.15, 0.2) is 5.82 Å². The SMILES string of the molecule is Cc1cc(NC(=O)NCc2cccc(C(N)=O)c2)no1. The fraction of sp³-hybridized carbons (Fsp3) is 0.154. The highest BCUT2D eigenvalue weighted by molar-refractivity contribution is 5.93. The summed E-state index contributed by atoms with van der Waals surface area (Å²) < 4.78 is 4.83. The van der Waals surface area contributed by atoms with Crippen molar-refractivity contribution in [3.05, 3.63) is 47.2 Å². The number of anilines is 1. The molecule has 0 aliphatic carbocycles. The number of primary amides is 1. The van der Waals surface area contributed by atoms with Crippen LogP contribution < -0.4 is 16.4 Å². The summed E-state index contributed by atoms with van der Waals surface area (Å²) in [6.45, 7) is 2.00. The van der Waals surface area contributed by atoms with Crippen LogP contribution in [0.3, 0.4) is 0 Å². The van der Waals surface area contributed by atoms with Crippen LogP contribution in [0.2, 0.25) is 0 Å². The molecule has 0 bridgehead atoms. The number of hydrogen-bond donors (Lipinski definition) is 3. The first-order valence-corrected chi connectivity index (χ1v) is 5.91. The second-order valence-electron chi connectivity index (χ2n) is 4.20. The maximum Gasteiger partial charge on any atom is 0.320 e. The van der Waals surface area contributed by atoms with Crippen molar-refractivity contribution in [1.82, 2.24) is 10.5 Å². The van der Waals surface area contributed by atoms with E-state index in [0.29, 0.717) is 17.1 Å². The summed E-state index contributed by atoms with van der Waals surface area (Å²) in [5.41, 5.74) is 6.36. The van der Waals surface area contributed by atoms with Crippen LogP contribution in [0, 0.1) is 6.92 Å². The number of aromatic nitrogens is 1. The molecule has 0 spiro atoms. The number of carbonyl (C=O) groups excluding carboxylic acids is 2. The van der Waals surface area contributed by atoms with Crippen molar-refractivity contribution in [2.75, 3.05) is 5.32 Å². The van der Waals surface area contributed by atoms with Crippen molar-refractivity contribution < 1.29 is 14.1 Å². The van der Waals surface area contributed by atoms with Gasteiger partial charge in [0.1, 0.15) is 5.76 Å². The van der Waals surface area contributed by atoms with E-state index in [0.717, 1.165) is 5.56 Å². The predicted molar refractivity (Wildman–Crippen MR) is 72.1 cm³/mol. The zero-order valence-corrected chi connectivity index (χ0v) is 10.8. The Balaban J connectivity index is 1.90. The average Bonchev–Trinajstić information content (AvgIpc) is 2.82. The second-order valence-corrected chi connectivity index (χ2v) is 4.20. The van der Waals surface area contributed by atoms with E-state index < -0.39 is 11.9 Å². The fourth-order valence-corrected chi connectivity index (χ4v) is 1.60. The van der Waals surface area contributed by atoms with Crippen LogP contribution in [0.15, 0.2) is 34.9 Å². The number of nitrogens with one attached hydrogen (secondary N) is 2. The molecule has 104 valence electrons. The van der Waals surface area contributed by atoms with E-state index in [1.165, 1.54) is 0 Å². The number of aryl methyl sites for hydroxylation is 1. The Morgan fingerprint density at radius 3 is 2.80 bits per heavy atom. The molecule has 0 saturated heterocycles. The molecule has 0 fully saturated rings. The first-order valence-electron chi connectivity index (χ1n) is 5.91. The molecule has 1 aromatic carbocycles. The van der Waals surface area contributed by atoms with Gasteiger partial charge in [-0.2, -0.15) is 0 Å². The lowest BCUT2D eigenvalue weighted by molar-refractivity contribution is 0.1000. The predicted octanol–water partition coefficient (Wildman–Crippen LogP) is 1.40. The zero-order valence-electron chi connectivity index (χ0n) is 10.8. The summed E-state index contributed by atoms with van der Waals surface area (Å²) in [6.07, 6.45) is 0. The molecule has 7 heteroatoms. The van der Waals surface area contributed by atoms with Gasteiger partial charge in [0.05, 0.1) is 0 Å². The van der Waals surface area contributed by atoms with E-state index in [2.05, 4.69) is 15.8 Å². The molecule has 2 aromatic rings. The minimum Gasteiger partial charge on any atom is -0.366 e. The van der Waals surface area contributed by atoms with E-state index in [1.807, 2.05) is 0 Å². The van der Waals surface area contributed by atoms with E-state index in [-0.39, 0.29) is 6.54 Å². The summed E-state index contributed by atoms with van der Waals surface area (Å²) in [5.74, 6) is 0.440. The Bertz CT molecular complexity index is 636. The minimum absolute atomic E-state index is 0.268. The molecule has 3 amide bonds. The largest absolute Gasteiger partial charge is 0.366 e. The molecule has 7 nitrogen and oxygen atoms in total. The summed E-state index contributed by atoms with van der Waals surface area (Å²) in [6, 6.07) is 7.92. The third-order valence-electron chi connectivity index (χ3n) is 2.53. The highest BCUT2D eigenvalue weighted by atomic mass is 16.5. The third kappa shape index (κ3) is 3.58. The van der Waals surface area contributed by atoms with Crippen molar-refractivity contribution in [2.45, 2.75) is 13.5 Å². The van der Waals surface area contributed by atoms with E-state index in [9.17, 15) is 9.59 Å². The van der Waals surface area contributed by atoms with Crippen LogP contribution in [0.25, 0.3) is 0 Å². The maximum atomic E-state index is 11.6. The molecule has 0 aliphatic rings. The van der Waals surface area contributed by atoms with E-state index in [4.69, 9.17) is 10.3 Å². The summed E-state index contributed by atoms with van der Waals surface area (Å²) in [5, 5.41) is 8.80. The number of hydrogen-bond acceptors (Lipinski definition) is 4. The van der Waals surface area contributed by atoms with Gasteiger partial charge in [-0.05, 0) is 24.6 Å². The van der Waals surface area contributed by atoms with Crippen molar-refractivity contribution >= 4 is 17.8 Å². The molecule has 0 unspecified atom stereocenters. The smallest absolute Gasteiger partial charge is 0.320 e. The number of urea groups is 1. The standard InChI is InChI=1S/C13H14N4O3/c1-8-5-11(17-20-8)16-13(19)15-7-9-3-2-4-10(6-9)12(14)18/h2-6H,7H2,1H3,(H2,14,18)(H2,15,16,17,19). The Morgan fingerprint density at radius 2 is 2.15 bits per heavy atom. The topological polar surface area (TPSA) is 110 Å². The van der Waals surface area contributed by atoms with Crippen LogP contribution >= 0.6 is 0 Å². The Hall–Kier alpha value is -2.83. The first kappa shape index (κ1) is 13.6. The fourth-order valence-electron chi connectivity index (χ4n) is 1.60. The van der Waals surface area contributed by atoms with Gasteiger partial charge in [0.25, 0.3) is 0 Å². The third-order valence-corrected chi connectivity index (χ3v) is 2.53. The molecule has 1 aromatic heterocycles. The normalized spacial score (nSPS) is 10.1. The quantitative estimate of drug-likeness (QED) is 0.782. The van der Waals surface area contributed by atoms with Crippen LogP contribution in [0.1, 0.15) is 21.7 Å². The average molecular weight is 274 g/mol. The van der Waals surface area contributed by atoms with Crippen molar-refractivity contribution in [3.63, 3.8) is 0 Å². The lowest BCUT2D eigenvalue weighted by Crippen LogP contribution is -2.28. The van der Waals surface area contributed by atoms with Crippen LogP contribution in [-0.2, 0) is 6.54 Å².